The Morgan fingerprint density at radius 1 is 1.44 bits per heavy atom. The number of anilines is 1. The molecule has 1 atom stereocenters. The lowest BCUT2D eigenvalue weighted by Gasteiger charge is -2.00. The molecule has 4 N–H and O–H groups in total. The summed E-state index contributed by atoms with van der Waals surface area (Å²) in [5.74, 6) is 0.312. The van der Waals surface area contributed by atoms with Crippen molar-refractivity contribution in [3.63, 3.8) is 0 Å². The molecule has 0 amide bonds. The van der Waals surface area contributed by atoms with E-state index in [4.69, 9.17) is 11.5 Å². The Kier molecular flexibility index (Phi) is 9.14. The standard InChI is InChI=1S/C10H16N4.2ClH/c1-7(11)4-3-5-9-6-13-10(12)14-8(9)2;;/h3,5-7H,4,11H2,1-2H3,(H2,12,13,14);2*1H/b5-3+;;/t7-;;/m0../s1. The number of aromatic nitrogens is 2. The van der Waals surface area contributed by atoms with Crippen LogP contribution in [0.3, 0.4) is 0 Å². The molecule has 0 aliphatic carbocycles. The van der Waals surface area contributed by atoms with Crippen molar-refractivity contribution in [1.29, 1.82) is 0 Å². The molecule has 0 saturated carbocycles. The minimum atomic E-state index is 0. The van der Waals surface area contributed by atoms with Crippen LogP contribution in [-0.4, -0.2) is 16.0 Å². The summed E-state index contributed by atoms with van der Waals surface area (Å²) in [5.41, 5.74) is 12.9. The van der Waals surface area contributed by atoms with Crippen LogP contribution in [-0.2, 0) is 0 Å². The molecule has 1 rings (SSSR count). The van der Waals surface area contributed by atoms with E-state index in [9.17, 15) is 0 Å². The van der Waals surface area contributed by atoms with Crippen LogP contribution in [0.25, 0.3) is 6.08 Å². The van der Waals surface area contributed by atoms with E-state index in [1.807, 2.05) is 26.0 Å². The van der Waals surface area contributed by atoms with E-state index < -0.39 is 0 Å². The van der Waals surface area contributed by atoms with Crippen LogP contribution >= 0.6 is 24.8 Å². The third-order valence-electron chi connectivity index (χ3n) is 1.84. The molecule has 92 valence electrons. The number of hydrogen-bond donors (Lipinski definition) is 2. The predicted octanol–water partition coefficient (Wildman–Crippen LogP) is 1.96. The van der Waals surface area contributed by atoms with E-state index >= 15 is 0 Å². The van der Waals surface area contributed by atoms with Gasteiger partial charge in [-0.25, -0.2) is 9.97 Å². The van der Waals surface area contributed by atoms with Crippen molar-refractivity contribution in [3.05, 3.63) is 23.5 Å². The fourth-order valence-electron chi connectivity index (χ4n) is 1.07. The average Bonchev–Trinajstić information content (AvgIpc) is 2.08. The van der Waals surface area contributed by atoms with Gasteiger partial charge in [0.25, 0.3) is 0 Å². The van der Waals surface area contributed by atoms with Gasteiger partial charge < -0.3 is 11.5 Å². The first-order valence-corrected chi connectivity index (χ1v) is 4.61. The smallest absolute Gasteiger partial charge is 0.220 e. The van der Waals surface area contributed by atoms with Gasteiger partial charge in [-0.15, -0.1) is 24.8 Å². The Labute approximate surface area is 108 Å². The minimum absolute atomic E-state index is 0. The van der Waals surface area contributed by atoms with Crippen molar-refractivity contribution >= 4 is 36.8 Å². The summed E-state index contributed by atoms with van der Waals surface area (Å²) in [6, 6.07) is 0.182. The highest BCUT2D eigenvalue weighted by Crippen LogP contribution is 2.07. The molecular weight excluding hydrogens is 247 g/mol. The second kappa shape index (κ2) is 8.33. The molecule has 0 unspecified atom stereocenters. The van der Waals surface area contributed by atoms with Gasteiger partial charge in [0.15, 0.2) is 0 Å². The summed E-state index contributed by atoms with van der Waals surface area (Å²) < 4.78 is 0. The molecule has 0 fully saturated rings. The van der Waals surface area contributed by atoms with Gasteiger partial charge in [-0.1, -0.05) is 12.2 Å². The molecule has 1 heterocycles. The normalized spacial score (nSPS) is 11.7. The van der Waals surface area contributed by atoms with Crippen molar-refractivity contribution in [2.45, 2.75) is 26.3 Å². The summed E-state index contributed by atoms with van der Waals surface area (Å²) in [5, 5.41) is 0. The number of aryl methyl sites for hydroxylation is 1. The molecule has 16 heavy (non-hydrogen) atoms. The van der Waals surface area contributed by atoms with Crippen LogP contribution in [0.5, 0.6) is 0 Å². The summed E-state index contributed by atoms with van der Waals surface area (Å²) >= 11 is 0. The van der Waals surface area contributed by atoms with Crippen LogP contribution in [0.15, 0.2) is 12.3 Å². The van der Waals surface area contributed by atoms with E-state index in [1.54, 1.807) is 6.20 Å². The number of nitrogens with zero attached hydrogens (tertiary/aromatic N) is 2. The minimum Gasteiger partial charge on any atom is -0.368 e. The zero-order valence-corrected chi connectivity index (χ0v) is 11.0. The first-order chi connectivity index (χ1) is 6.59. The lowest BCUT2D eigenvalue weighted by atomic mass is 10.2. The molecule has 0 saturated heterocycles. The molecule has 0 aliphatic rings. The second-order valence-electron chi connectivity index (χ2n) is 3.38. The van der Waals surface area contributed by atoms with Gasteiger partial charge in [0.2, 0.25) is 5.95 Å². The largest absolute Gasteiger partial charge is 0.368 e. The van der Waals surface area contributed by atoms with Gasteiger partial charge in [0.05, 0.1) is 5.69 Å². The third-order valence-corrected chi connectivity index (χ3v) is 1.84. The van der Waals surface area contributed by atoms with Crippen molar-refractivity contribution in [3.8, 4) is 0 Å². The van der Waals surface area contributed by atoms with E-state index in [-0.39, 0.29) is 30.9 Å². The SMILES string of the molecule is Cc1nc(N)ncc1/C=C/C[C@H](C)N.Cl.Cl. The highest BCUT2D eigenvalue weighted by molar-refractivity contribution is 5.85. The molecule has 4 nitrogen and oxygen atoms in total. The number of nitrogens with two attached hydrogens (primary N) is 2. The van der Waals surface area contributed by atoms with Crippen LogP contribution in [0.1, 0.15) is 24.6 Å². The summed E-state index contributed by atoms with van der Waals surface area (Å²) in [6.07, 6.45) is 6.56. The van der Waals surface area contributed by atoms with Gasteiger partial charge in [-0.05, 0) is 20.3 Å². The maximum absolute atomic E-state index is 5.62. The lowest BCUT2D eigenvalue weighted by molar-refractivity contribution is 0.759. The molecule has 0 aliphatic heterocycles. The van der Waals surface area contributed by atoms with Gasteiger partial charge in [0.1, 0.15) is 0 Å². The zero-order valence-electron chi connectivity index (χ0n) is 9.38. The fourth-order valence-corrected chi connectivity index (χ4v) is 1.07. The summed E-state index contributed by atoms with van der Waals surface area (Å²) in [6.45, 7) is 3.88. The summed E-state index contributed by atoms with van der Waals surface area (Å²) in [7, 11) is 0. The number of nitrogen functional groups attached to an aromatic ring is 1. The van der Waals surface area contributed by atoms with Gasteiger partial charge >= 0.3 is 0 Å². The quantitative estimate of drug-likeness (QED) is 0.875. The molecule has 0 radical (unpaired) electrons. The van der Waals surface area contributed by atoms with Crippen molar-refractivity contribution in [2.75, 3.05) is 5.73 Å². The maximum atomic E-state index is 5.62. The van der Waals surface area contributed by atoms with Crippen LogP contribution in [0, 0.1) is 6.92 Å². The Morgan fingerprint density at radius 3 is 2.56 bits per heavy atom. The Morgan fingerprint density at radius 2 is 2.06 bits per heavy atom. The first kappa shape index (κ1) is 17.6. The maximum Gasteiger partial charge on any atom is 0.220 e. The molecule has 6 heteroatoms. The van der Waals surface area contributed by atoms with Crippen LogP contribution < -0.4 is 11.5 Å². The zero-order chi connectivity index (χ0) is 10.6. The van der Waals surface area contributed by atoms with Gasteiger partial charge in [0, 0.05) is 17.8 Å². The van der Waals surface area contributed by atoms with Crippen molar-refractivity contribution < 1.29 is 0 Å². The highest BCUT2D eigenvalue weighted by Gasteiger charge is 1.97. The molecule has 1 aromatic heterocycles. The Bertz CT molecular complexity index is 340. The molecular formula is C10H18Cl2N4. The molecule has 1 aromatic rings. The van der Waals surface area contributed by atoms with Crippen LogP contribution in [0.4, 0.5) is 5.95 Å². The van der Waals surface area contributed by atoms with Crippen LogP contribution in [0.2, 0.25) is 0 Å². The number of halogens is 2. The number of hydrogen-bond acceptors (Lipinski definition) is 4. The predicted molar refractivity (Wildman–Crippen MR) is 73.0 cm³/mol. The van der Waals surface area contributed by atoms with E-state index in [0.717, 1.165) is 17.7 Å². The van der Waals surface area contributed by atoms with Crippen molar-refractivity contribution in [1.82, 2.24) is 9.97 Å². The van der Waals surface area contributed by atoms with Gasteiger partial charge in [-0.2, -0.15) is 0 Å². The Hall–Kier alpha value is -0.840. The average molecular weight is 265 g/mol. The first-order valence-electron chi connectivity index (χ1n) is 4.61. The topological polar surface area (TPSA) is 77.8 Å². The third kappa shape index (κ3) is 5.90. The lowest BCUT2D eigenvalue weighted by Crippen LogP contribution is -2.12. The number of rotatable bonds is 3. The van der Waals surface area contributed by atoms with Crippen molar-refractivity contribution in [2.24, 2.45) is 5.73 Å². The monoisotopic (exact) mass is 264 g/mol. The van der Waals surface area contributed by atoms with E-state index in [2.05, 4.69) is 9.97 Å². The summed E-state index contributed by atoms with van der Waals surface area (Å²) in [4.78, 5) is 7.98. The van der Waals surface area contributed by atoms with E-state index in [0.29, 0.717) is 5.95 Å². The van der Waals surface area contributed by atoms with E-state index in [1.165, 1.54) is 0 Å². The second-order valence-corrected chi connectivity index (χ2v) is 3.38. The Balaban J connectivity index is 0. The molecule has 0 aromatic carbocycles. The molecule has 0 spiro atoms. The fraction of sp³-hybridized carbons (Fsp3) is 0.400. The highest BCUT2D eigenvalue weighted by atomic mass is 35.5. The molecule has 0 bridgehead atoms. The van der Waals surface area contributed by atoms with Gasteiger partial charge in [-0.3, -0.25) is 0 Å².